The van der Waals surface area contributed by atoms with Crippen molar-refractivity contribution in [3.63, 3.8) is 0 Å². The zero-order chi connectivity index (χ0) is 21.3. The van der Waals surface area contributed by atoms with Gasteiger partial charge in [-0.2, -0.15) is 4.98 Å². The summed E-state index contributed by atoms with van der Waals surface area (Å²) < 4.78 is 38.8. The van der Waals surface area contributed by atoms with E-state index in [1.807, 2.05) is 43.1 Å². The third-order valence-electron chi connectivity index (χ3n) is 5.28. The van der Waals surface area contributed by atoms with Crippen molar-refractivity contribution in [2.75, 3.05) is 20.7 Å². The summed E-state index contributed by atoms with van der Waals surface area (Å²) in [6.45, 7) is 2.56. The topological polar surface area (TPSA) is 97.6 Å². The molecule has 1 aliphatic rings. The molecule has 1 aromatic heterocycles. The average molecular weight is 429 g/mol. The van der Waals surface area contributed by atoms with Crippen LogP contribution in [0.3, 0.4) is 0 Å². The first-order valence-electron chi connectivity index (χ1n) is 9.63. The van der Waals surface area contributed by atoms with Crippen molar-refractivity contribution in [1.29, 1.82) is 0 Å². The molecule has 0 amide bonds. The number of methoxy groups -OCH3 is 1. The zero-order valence-electron chi connectivity index (χ0n) is 17.1. The molecule has 1 saturated heterocycles. The summed E-state index contributed by atoms with van der Waals surface area (Å²) >= 11 is 0. The molecule has 30 heavy (non-hydrogen) atoms. The molecule has 9 heteroatoms. The van der Waals surface area contributed by atoms with Gasteiger partial charge in [0.15, 0.2) is 0 Å². The highest BCUT2D eigenvalue weighted by molar-refractivity contribution is 7.89. The van der Waals surface area contributed by atoms with Crippen molar-refractivity contribution in [3.05, 3.63) is 60.0 Å². The summed E-state index contributed by atoms with van der Waals surface area (Å²) in [7, 11) is -0.180. The molecular formula is C21H24N4O4S. The SMILES string of the molecule is COc1ccc(S(=O)(=O)NC2CC(c3nc(-c4ccc(C)cc4)no3)N(C)C2)cc1. The highest BCUT2D eigenvalue weighted by Gasteiger charge is 2.36. The molecule has 2 unspecified atom stereocenters. The van der Waals surface area contributed by atoms with Crippen molar-refractivity contribution in [2.45, 2.75) is 30.3 Å². The van der Waals surface area contributed by atoms with Crippen LogP contribution in [0.2, 0.25) is 0 Å². The van der Waals surface area contributed by atoms with Gasteiger partial charge < -0.3 is 9.26 Å². The first-order valence-corrected chi connectivity index (χ1v) is 11.1. The van der Waals surface area contributed by atoms with E-state index < -0.39 is 10.0 Å². The van der Waals surface area contributed by atoms with Crippen LogP contribution in [-0.4, -0.2) is 50.2 Å². The first-order chi connectivity index (χ1) is 14.4. The number of likely N-dealkylation sites (tertiary alicyclic amines) is 1. The van der Waals surface area contributed by atoms with Crippen LogP contribution in [0.5, 0.6) is 5.75 Å². The van der Waals surface area contributed by atoms with Gasteiger partial charge in [-0.15, -0.1) is 0 Å². The molecule has 0 radical (unpaired) electrons. The molecule has 8 nitrogen and oxygen atoms in total. The molecule has 1 N–H and O–H groups in total. The molecule has 2 atom stereocenters. The Bertz CT molecular complexity index is 1110. The fourth-order valence-corrected chi connectivity index (χ4v) is 4.85. The van der Waals surface area contributed by atoms with Crippen LogP contribution < -0.4 is 9.46 Å². The van der Waals surface area contributed by atoms with E-state index in [9.17, 15) is 8.42 Å². The molecule has 0 spiro atoms. The molecular weight excluding hydrogens is 404 g/mol. The molecule has 2 heterocycles. The third kappa shape index (κ3) is 4.23. The number of likely N-dealkylation sites (N-methyl/N-ethyl adjacent to an activating group) is 1. The Morgan fingerprint density at radius 3 is 2.50 bits per heavy atom. The van der Waals surface area contributed by atoms with E-state index in [1.54, 1.807) is 12.1 Å². The van der Waals surface area contributed by atoms with E-state index in [0.29, 0.717) is 30.4 Å². The minimum Gasteiger partial charge on any atom is -0.497 e. The van der Waals surface area contributed by atoms with Crippen LogP contribution in [-0.2, 0) is 10.0 Å². The number of hydrogen-bond acceptors (Lipinski definition) is 7. The number of ether oxygens (including phenoxy) is 1. The summed E-state index contributed by atoms with van der Waals surface area (Å²) in [6.07, 6.45) is 0.543. The molecule has 0 aliphatic carbocycles. The Morgan fingerprint density at radius 2 is 1.83 bits per heavy atom. The smallest absolute Gasteiger partial charge is 0.244 e. The number of hydrogen-bond donors (Lipinski definition) is 1. The van der Waals surface area contributed by atoms with Gasteiger partial charge in [0.1, 0.15) is 5.75 Å². The van der Waals surface area contributed by atoms with Gasteiger partial charge in [-0.25, -0.2) is 13.1 Å². The lowest BCUT2D eigenvalue weighted by atomic mass is 10.1. The lowest BCUT2D eigenvalue weighted by Gasteiger charge is -2.14. The van der Waals surface area contributed by atoms with Gasteiger partial charge in [0.25, 0.3) is 0 Å². The second kappa shape index (κ2) is 8.17. The Kier molecular flexibility index (Phi) is 5.59. The van der Waals surface area contributed by atoms with Crippen molar-refractivity contribution >= 4 is 10.0 Å². The number of benzene rings is 2. The predicted molar refractivity (Wildman–Crippen MR) is 112 cm³/mol. The van der Waals surface area contributed by atoms with Crippen molar-refractivity contribution in [1.82, 2.24) is 19.8 Å². The van der Waals surface area contributed by atoms with Gasteiger partial charge in [0.05, 0.1) is 18.0 Å². The van der Waals surface area contributed by atoms with E-state index in [-0.39, 0.29) is 17.0 Å². The number of rotatable bonds is 6. The molecule has 158 valence electrons. The van der Waals surface area contributed by atoms with Crippen LogP contribution >= 0.6 is 0 Å². The number of aryl methyl sites for hydroxylation is 1. The van der Waals surface area contributed by atoms with Gasteiger partial charge in [0.2, 0.25) is 21.7 Å². The Hall–Kier alpha value is -2.75. The second-order valence-corrected chi connectivity index (χ2v) is 9.22. The van der Waals surface area contributed by atoms with Crippen LogP contribution in [0.1, 0.15) is 23.9 Å². The van der Waals surface area contributed by atoms with Crippen LogP contribution in [0, 0.1) is 6.92 Å². The number of aromatic nitrogens is 2. The standard InChI is InChI=1S/C21H24N4O4S/c1-14-4-6-15(7-5-14)20-22-21(29-23-20)19-12-16(13-25(19)2)24-30(26,27)18-10-8-17(28-3)9-11-18/h4-11,16,19,24H,12-13H2,1-3H3. The molecule has 2 aromatic carbocycles. The summed E-state index contributed by atoms with van der Waals surface area (Å²) in [6, 6.07) is 13.8. The molecule has 0 saturated carbocycles. The largest absolute Gasteiger partial charge is 0.497 e. The van der Waals surface area contributed by atoms with Gasteiger partial charge in [-0.3, -0.25) is 4.90 Å². The summed E-state index contributed by atoms with van der Waals surface area (Å²) in [4.78, 5) is 6.76. The first kappa shape index (κ1) is 20.5. The van der Waals surface area contributed by atoms with E-state index in [4.69, 9.17) is 9.26 Å². The lowest BCUT2D eigenvalue weighted by Crippen LogP contribution is -2.36. The van der Waals surface area contributed by atoms with Crippen LogP contribution in [0.25, 0.3) is 11.4 Å². The van der Waals surface area contributed by atoms with E-state index in [1.165, 1.54) is 19.2 Å². The van der Waals surface area contributed by atoms with Crippen molar-refractivity contribution < 1.29 is 17.7 Å². The van der Waals surface area contributed by atoms with E-state index in [0.717, 1.165) is 11.1 Å². The van der Waals surface area contributed by atoms with Gasteiger partial charge in [-0.05, 0) is 44.7 Å². The molecule has 1 aliphatic heterocycles. The highest BCUT2D eigenvalue weighted by atomic mass is 32.2. The highest BCUT2D eigenvalue weighted by Crippen LogP contribution is 2.31. The Morgan fingerprint density at radius 1 is 1.13 bits per heavy atom. The predicted octanol–water partition coefficient (Wildman–Crippen LogP) is 2.78. The number of sulfonamides is 1. The maximum atomic E-state index is 12.7. The minimum atomic E-state index is -3.64. The monoisotopic (exact) mass is 428 g/mol. The number of nitrogens with zero attached hydrogens (tertiary/aromatic N) is 3. The summed E-state index contributed by atoms with van der Waals surface area (Å²) in [5, 5.41) is 4.10. The normalized spacial score (nSPS) is 19.8. The average Bonchev–Trinajstić information content (AvgIpc) is 3.35. The van der Waals surface area contributed by atoms with Crippen molar-refractivity contribution in [3.8, 4) is 17.1 Å². The summed E-state index contributed by atoms with van der Waals surface area (Å²) in [5.74, 6) is 1.62. The van der Waals surface area contributed by atoms with Gasteiger partial charge in [-0.1, -0.05) is 35.0 Å². The van der Waals surface area contributed by atoms with Crippen LogP contribution in [0.15, 0.2) is 57.9 Å². The summed E-state index contributed by atoms with van der Waals surface area (Å²) in [5.41, 5.74) is 2.04. The maximum absolute atomic E-state index is 12.7. The van der Waals surface area contributed by atoms with E-state index in [2.05, 4.69) is 14.9 Å². The molecule has 0 bridgehead atoms. The van der Waals surface area contributed by atoms with Crippen molar-refractivity contribution in [2.24, 2.45) is 0 Å². The van der Waals surface area contributed by atoms with E-state index >= 15 is 0 Å². The fourth-order valence-electron chi connectivity index (χ4n) is 3.61. The third-order valence-corrected chi connectivity index (χ3v) is 6.81. The van der Waals surface area contributed by atoms with Crippen LogP contribution in [0.4, 0.5) is 0 Å². The molecule has 4 rings (SSSR count). The maximum Gasteiger partial charge on any atom is 0.244 e. The van der Waals surface area contributed by atoms with Gasteiger partial charge >= 0.3 is 0 Å². The lowest BCUT2D eigenvalue weighted by molar-refractivity contribution is 0.244. The Balaban J connectivity index is 1.46. The Labute approximate surface area is 175 Å². The molecule has 1 fully saturated rings. The minimum absolute atomic E-state index is 0.153. The van der Waals surface area contributed by atoms with Gasteiger partial charge in [0, 0.05) is 18.2 Å². The quantitative estimate of drug-likeness (QED) is 0.645. The zero-order valence-corrected chi connectivity index (χ0v) is 17.9. The number of nitrogens with one attached hydrogen (secondary N) is 1. The molecule has 3 aromatic rings. The fraction of sp³-hybridized carbons (Fsp3) is 0.333. The second-order valence-electron chi connectivity index (χ2n) is 7.51.